The van der Waals surface area contributed by atoms with E-state index < -0.39 is 24.0 Å². The van der Waals surface area contributed by atoms with E-state index in [9.17, 15) is 17.6 Å². The number of piperidine rings is 1. The van der Waals surface area contributed by atoms with Gasteiger partial charge in [0.25, 0.3) is 0 Å². The van der Waals surface area contributed by atoms with E-state index in [1.807, 2.05) is 0 Å². The minimum absolute atomic E-state index is 0. The van der Waals surface area contributed by atoms with Crippen LogP contribution in [0.15, 0.2) is 18.2 Å². The van der Waals surface area contributed by atoms with Crippen LogP contribution < -0.4 is 10.1 Å². The predicted octanol–water partition coefficient (Wildman–Crippen LogP) is 3.26. The first-order valence-electron chi connectivity index (χ1n) is 5.70. The summed E-state index contributed by atoms with van der Waals surface area (Å²) in [6.07, 6.45) is -5.59. The molecule has 0 amide bonds. The van der Waals surface area contributed by atoms with Gasteiger partial charge in [0.2, 0.25) is 0 Å². The molecule has 0 radical (unpaired) electrons. The van der Waals surface area contributed by atoms with Gasteiger partial charge in [0.05, 0.1) is 11.6 Å². The second kappa shape index (κ2) is 4.83. The normalized spacial score (nSPS) is 28.9. The van der Waals surface area contributed by atoms with E-state index in [4.69, 9.17) is 4.74 Å². The molecule has 7 heteroatoms. The Labute approximate surface area is 113 Å². The average Bonchev–Trinajstić information content (AvgIpc) is 2.63. The van der Waals surface area contributed by atoms with Gasteiger partial charge in [-0.05, 0) is 12.1 Å². The van der Waals surface area contributed by atoms with Crippen molar-refractivity contribution in [3.8, 4) is 5.75 Å². The van der Waals surface area contributed by atoms with E-state index in [1.54, 1.807) is 0 Å². The summed E-state index contributed by atoms with van der Waals surface area (Å²) in [6.45, 7) is 0.213. The molecular formula is C12H12ClF4NO. The van der Waals surface area contributed by atoms with Crippen LogP contribution in [0.25, 0.3) is 0 Å². The van der Waals surface area contributed by atoms with E-state index in [0.29, 0.717) is 5.56 Å². The number of hydrogen-bond acceptors (Lipinski definition) is 2. The Kier molecular flexibility index (Phi) is 3.66. The van der Waals surface area contributed by atoms with E-state index in [-0.39, 0.29) is 37.2 Å². The molecule has 3 atom stereocenters. The van der Waals surface area contributed by atoms with Crippen molar-refractivity contribution in [3.63, 3.8) is 0 Å². The van der Waals surface area contributed by atoms with Crippen molar-refractivity contribution in [1.29, 1.82) is 0 Å². The maximum absolute atomic E-state index is 13.2. The highest BCUT2D eigenvalue weighted by molar-refractivity contribution is 5.85. The molecule has 0 bridgehead atoms. The van der Waals surface area contributed by atoms with Crippen molar-refractivity contribution in [2.45, 2.75) is 30.9 Å². The monoisotopic (exact) mass is 297 g/mol. The van der Waals surface area contributed by atoms with Gasteiger partial charge in [-0.2, -0.15) is 13.2 Å². The summed E-state index contributed by atoms with van der Waals surface area (Å²) in [4.78, 5) is 0. The maximum atomic E-state index is 13.2. The average molecular weight is 298 g/mol. The molecule has 0 saturated carbocycles. The highest BCUT2D eigenvalue weighted by atomic mass is 35.5. The van der Waals surface area contributed by atoms with Crippen molar-refractivity contribution in [2.75, 3.05) is 6.54 Å². The van der Waals surface area contributed by atoms with Gasteiger partial charge in [-0.3, -0.25) is 0 Å². The second-order valence-electron chi connectivity index (χ2n) is 4.63. The lowest BCUT2D eigenvalue weighted by Crippen LogP contribution is -2.42. The largest absolute Gasteiger partial charge is 0.488 e. The van der Waals surface area contributed by atoms with Crippen LogP contribution in [0, 0.1) is 0 Å². The van der Waals surface area contributed by atoms with Crippen LogP contribution >= 0.6 is 12.4 Å². The molecule has 19 heavy (non-hydrogen) atoms. The summed E-state index contributed by atoms with van der Waals surface area (Å²) in [5, 5.41) is 2.96. The fraction of sp³-hybridized carbons (Fsp3) is 0.500. The number of benzene rings is 1. The molecule has 0 aromatic heterocycles. The summed E-state index contributed by atoms with van der Waals surface area (Å²) < 4.78 is 56.3. The first kappa shape index (κ1) is 14.4. The number of fused-ring (bicyclic) bond motifs is 3. The Balaban J connectivity index is 0.00000133. The SMILES string of the molecule is Cl.F[C@@H]1CN[C@H]2c3ccc(C(F)(F)F)cc3O[C@H]2C1. The topological polar surface area (TPSA) is 21.3 Å². The molecule has 0 unspecified atom stereocenters. The molecule has 1 saturated heterocycles. The molecule has 1 aromatic carbocycles. The van der Waals surface area contributed by atoms with Crippen LogP contribution in [0.2, 0.25) is 0 Å². The standard InChI is InChI=1S/C12H11F4NO.ClH/c13-7-4-10-11(17-5-7)8-2-1-6(12(14,15)16)3-9(8)18-10;/h1-3,7,10-11,17H,4-5H2;1H/t7-,10-,11-;/m0./s1. The minimum Gasteiger partial charge on any atom is -0.488 e. The zero-order valence-corrected chi connectivity index (χ0v) is 10.5. The molecule has 1 aromatic rings. The molecular weight excluding hydrogens is 286 g/mol. The number of alkyl halides is 4. The quantitative estimate of drug-likeness (QED) is 0.742. The Bertz CT molecular complexity index is 479. The van der Waals surface area contributed by atoms with Crippen LogP contribution in [0.4, 0.5) is 17.6 Å². The van der Waals surface area contributed by atoms with E-state index in [2.05, 4.69) is 5.32 Å². The lowest BCUT2D eigenvalue weighted by Gasteiger charge is -2.27. The van der Waals surface area contributed by atoms with E-state index >= 15 is 0 Å². The van der Waals surface area contributed by atoms with Crippen molar-refractivity contribution in [2.24, 2.45) is 0 Å². The van der Waals surface area contributed by atoms with Crippen LogP contribution in [-0.2, 0) is 6.18 Å². The van der Waals surface area contributed by atoms with Gasteiger partial charge in [-0.15, -0.1) is 12.4 Å². The molecule has 1 N–H and O–H groups in total. The highest BCUT2D eigenvalue weighted by Gasteiger charge is 2.41. The molecule has 1 fully saturated rings. The third-order valence-electron chi connectivity index (χ3n) is 3.37. The van der Waals surface area contributed by atoms with Gasteiger partial charge in [-0.1, -0.05) is 6.07 Å². The Morgan fingerprint density at radius 1 is 1.26 bits per heavy atom. The van der Waals surface area contributed by atoms with Crippen LogP contribution in [0.5, 0.6) is 5.75 Å². The smallest absolute Gasteiger partial charge is 0.416 e. The Morgan fingerprint density at radius 3 is 2.68 bits per heavy atom. The first-order valence-corrected chi connectivity index (χ1v) is 5.70. The molecule has 0 spiro atoms. The van der Waals surface area contributed by atoms with Gasteiger partial charge >= 0.3 is 6.18 Å². The minimum atomic E-state index is -4.39. The number of halogens is 5. The van der Waals surface area contributed by atoms with Gasteiger partial charge < -0.3 is 10.1 Å². The highest BCUT2D eigenvalue weighted by Crippen LogP contribution is 2.43. The van der Waals surface area contributed by atoms with Crippen LogP contribution in [0.1, 0.15) is 23.6 Å². The maximum Gasteiger partial charge on any atom is 0.416 e. The fourth-order valence-corrected chi connectivity index (χ4v) is 2.52. The first-order chi connectivity index (χ1) is 8.45. The van der Waals surface area contributed by atoms with Gasteiger partial charge in [-0.25, -0.2) is 4.39 Å². The zero-order chi connectivity index (χ0) is 12.9. The summed E-state index contributed by atoms with van der Waals surface area (Å²) in [7, 11) is 0. The second-order valence-corrected chi connectivity index (χ2v) is 4.63. The van der Waals surface area contributed by atoms with Gasteiger partial charge in [0, 0.05) is 18.5 Å². The molecule has 0 aliphatic carbocycles. The molecule has 2 heterocycles. The third kappa shape index (κ3) is 2.51. The number of rotatable bonds is 0. The predicted molar refractivity (Wildman–Crippen MR) is 63.4 cm³/mol. The van der Waals surface area contributed by atoms with Crippen molar-refractivity contribution < 1.29 is 22.3 Å². The Morgan fingerprint density at radius 2 is 2.00 bits per heavy atom. The van der Waals surface area contributed by atoms with Crippen molar-refractivity contribution >= 4 is 12.4 Å². The Hall–Kier alpha value is -1.01. The molecule has 106 valence electrons. The third-order valence-corrected chi connectivity index (χ3v) is 3.37. The van der Waals surface area contributed by atoms with Crippen LogP contribution in [0.3, 0.4) is 0 Å². The summed E-state index contributed by atoms with van der Waals surface area (Å²) in [5.41, 5.74) is -0.0587. The molecule has 3 rings (SSSR count). The number of ether oxygens (including phenoxy) is 1. The molecule has 2 aliphatic rings. The molecule has 2 aliphatic heterocycles. The van der Waals surface area contributed by atoms with E-state index in [1.165, 1.54) is 6.07 Å². The van der Waals surface area contributed by atoms with E-state index in [0.717, 1.165) is 12.1 Å². The fourth-order valence-electron chi connectivity index (χ4n) is 2.52. The number of nitrogens with one attached hydrogen (secondary N) is 1. The van der Waals surface area contributed by atoms with Crippen molar-refractivity contribution in [3.05, 3.63) is 29.3 Å². The lowest BCUT2D eigenvalue weighted by molar-refractivity contribution is -0.137. The van der Waals surface area contributed by atoms with Gasteiger partial charge in [0.15, 0.2) is 0 Å². The summed E-state index contributed by atoms with van der Waals surface area (Å²) >= 11 is 0. The molecule has 2 nitrogen and oxygen atoms in total. The van der Waals surface area contributed by atoms with Crippen LogP contribution in [-0.4, -0.2) is 18.8 Å². The number of hydrogen-bond donors (Lipinski definition) is 1. The summed E-state index contributed by atoms with van der Waals surface area (Å²) in [6, 6.07) is 3.24. The zero-order valence-electron chi connectivity index (χ0n) is 9.71. The lowest BCUT2D eigenvalue weighted by atomic mass is 9.95. The van der Waals surface area contributed by atoms with Gasteiger partial charge in [0.1, 0.15) is 18.0 Å². The van der Waals surface area contributed by atoms with Crippen molar-refractivity contribution in [1.82, 2.24) is 5.32 Å². The summed E-state index contributed by atoms with van der Waals surface area (Å²) in [5.74, 6) is 0.210.